The zero-order valence-electron chi connectivity index (χ0n) is 10.5. The number of hydrogen-bond donors (Lipinski definition) is 2. The summed E-state index contributed by atoms with van der Waals surface area (Å²) in [6, 6.07) is 7.39. The van der Waals surface area contributed by atoms with Gasteiger partial charge >= 0.3 is 0 Å². The Balaban J connectivity index is 2.57. The molecule has 0 radical (unpaired) electrons. The Labute approximate surface area is 107 Å². The first kappa shape index (κ1) is 14.0. The summed E-state index contributed by atoms with van der Waals surface area (Å²) in [4.78, 5) is 11.7. The highest BCUT2D eigenvalue weighted by molar-refractivity contribution is 6.30. The Morgan fingerprint density at radius 3 is 2.41 bits per heavy atom. The standard InChI is InChI=1S/C13H19ClN2O/c1-9(10-4-6-11(14)7-5-10)16-12(17)8-13(2,3)15/h4-7,9H,8,15H2,1-3H3,(H,16,17)/t9-/m0/s1. The van der Waals surface area contributed by atoms with E-state index in [-0.39, 0.29) is 11.9 Å². The number of carbonyl (C=O) groups excluding carboxylic acids is 1. The zero-order valence-corrected chi connectivity index (χ0v) is 11.2. The minimum atomic E-state index is -0.482. The number of nitrogens with two attached hydrogens (primary N) is 1. The van der Waals surface area contributed by atoms with E-state index in [0.29, 0.717) is 11.4 Å². The lowest BCUT2D eigenvalue weighted by atomic mass is 10.0. The summed E-state index contributed by atoms with van der Waals surface area (Å²) in [6.07, 6.45) is 0.310. The van der Waals surface area contributed by atoms with Crippen LogP contribution in [-0.4, -0.2) is 11.4 Å². The maximum absolute atomic E-state index is 11.7. The topological polar surface area (TPSA) is 55.1 Å². The summed E-state index contributed by atoms with van der Waals surface area (Å²) < 4.78 is 0. The van der Waals surface area contributed by atoms with Crippen LogP contribution in [0.4, 0.5) is 0 Å². The predicted octanol–water partition coefficient (Wildman–Crippen LogP) is 2.64. The van der Waals surface area contributed by atoms with Crippen molar-refractivity contribution in [2.75, 3.05) is 0 Å². The van der Waals surface area contributed by atoms with Crippen molar-refractivity contribution >= 4 is 17.5 Å². The molecule has 0 heterocycles. The molecule has 1 aromatic rings. The van der Waals surface area contributed by atoms with Crippen molar-refractivity contribution in [3.63, 3.8) is 0 Å². The molecule has 0 aromatic heterocycles. The summed E-state index contributed by atoms with van der Waals surface area (Å²) >= 11 is 5.81. The quantitative estimate of drug-likeness (QED) is 0.868. The SMILES string of the molecule is C[C@H](NC(=O)CC(C)(C)N)c1ccc(Cl)cc1. The van der Waals surface area contributed by atoms with Crippen LogP contribution in [0.25, 0.3) is 0 Å². The van der Waals surface area contributed by atoms with E-state index in [4.69, 9.17) is 17.3 Å². The second kappa shape index (κ2) is 5.52. The molecule has 0 bridgehead atoms. The molecule has 0 aliphatic rings. The Bertz CT molecular complexity index is 381. The fourth-order valence-corrected chi connectivity index (χ4v) is 1.67. The van der Waals surface area contributed by atoms with E-state index in [2.05, 4.69) is 5.32 Å². The number of rotatable bonds is 4. The van der Waals surface area contributed by atoms with Crippen LogP contribution in [0.15, 0.2) is 24.3 Å². The minimum Gasteiger partial charge on any atom is -0.350 e. The summed E-state index contributed by atoms with van der Waals surface area (Å²) in [7, 11) is 0. The number of halogens is 1. The molecular weight excluding hydrogens is 236 g/mol. The lowest BCUT2D eigenvalue weighted by Crippen LogP contribution is -2.39. The van der Waals surface area contributed by atoms with Gasteiger partial charge in [-0.3, -0.25) is 4.79 Å². The van der Waals surface area contributed by atoms with E-state index >= 15 is 0 Å². The van der Waals surface area contributed by atoms with E-state index in [0.717, 1.165) is 5.56 Å². The smallest absolute Gasteiger partial charge is 0.222 e. The maximum Gasteiger partial charge on any atom is 0.222 e. The summed E-state index contributed by atoms with van der Waals surface area (Å²) in [5, 5.41) is 3.60. The third-order valence-electron chi connectivity index (χ3n) is 2.36. The van der Waals surface area contributed by atoms with Crippen LogP contribution in [0.1, 0.15) is 38.8 Å². The van der Waals surface area contributed by atoms with Crippen LogP contribution in [0.3, 0.4) is 0 Å². The first-order chi connectivity index (χ1) is 7.78. The van der Waals surface area contributed by atoms with Gasteiger partial charge in [0, 0.05) is 17.0 Å². The molecule has 1 aromatic carbocycles. The first-order valence-electron chi connectivity index (χ1n) is 5.61. The number of benzene rings is 1. The normalized spacial score (nSPS) is 13.2. The number of amides is 1. The van der Waals surface area contributed by atoms with Crippen molar-refractivity contribution in [1.29, 1.82) is 0 Å². The van der Waals surface area contributed by atoms with Crippen molar-refractivity contribution in [2.45, 2.75) is 38.8 Å². The Kier molecular flexibility index (Phi) is 4.54. The molecule has 1 rings (SSSR count). The van der Waals surface area contributed by atoms with Crippen molar-refractivity contribution in [3.05, 3.63) is 34.9 Å². The first-order valence-corrected chi connectivity index (χ1v) is 5.99. The van der Waals surface area contributed by atoms with Gasteiger partial charge in [-0.2, -0.15) is 0 Å². The lowest BCUT2D eigenvalue weighted by Gasteiger charge is -2.20. The third kappa shape index (κ3) is 5.20. The highest BCUT2D eigenvalue weighted by Gasteiger charge is 2.18. The molecule has 94 valence electrons. The van der Waals surface area contributed by atoms with E-state index in [1.54, 1.807) is 0 Å². The molecule has 0 aliphatic heterocycles. The molecule has 0 saturated heterocycles. The van der Waals surface area contributed by atoms with Gasteiger partial charge in [0.1, 0.15) is 0 Å². The Hall–Kier alpha value is -1.06. The molecule has 17 heavy (non-hydrogen) atoms. The van der Waals surface area contributed by atoms with Gasteiger partial charge in [0.25, 0.3) is 0 Å². The number of carbonyl (C=O) groups is 1. The fourth-order valence-electron chi connectivity index (χ4n) is 1.54. The highest BCUT2D eigenvalue weighted by Crippen LogP contribution is 2.16. The maximum atomic E-state index is 11.7. The van der Waals surface area contributed by atoms with Gasteiger partial charge in [0.15, 0.2) is 0 Å². The van der Waals surface area contributed by atoms with Crippen molar-refractivity contribution < 1.29 is 4.79 Å². The minimum absolute atomic E-state index is 0.0397. The molecule has 1 atom stereocenters. The molecule has 0 fully saturated rings. The van der Waals surface area contributed by atoms with Crippen molar-refractivity contribution in [1.82, 2.24) is 5.32 Å². The van der Waals surface area contributed by atoms with Crippen molar-refractivity contribution in [2.24, 2.45) is 5.73 Å². The van der Waals surface area contributed by atoms with Gasteiger partial charge in [0.2, 0.25) is 5.91 Å². The molecule has 3 N–H and O–H groups in total. The van der Waals surface area contributed by atoms with Crippen LogP contribution >= 0.6 is 11.6 Å². The van der Waals surface area contributed by atoms with Crippen LogP contribution in [0.2, 0.25) is 5.02 Å². The molecule has 0 spiro atoms. The van der Waals surface area contributed by atoms with Gasteiger partial charge in [-0.1, -0.05) is 23.7 Å². The number of nitrogens with one attached hydrogen (secondary N) is 1. The average Bonchev–Trinajstić information content (AvgIpc) is 2.15. The van der Waals surface area contributed by atoms with E-state index in [1.165, 1.54) is 0 Å². The number of hydrogen-bond acceptors (Lipinski definition) is 2. The second-order valence-electron chi connectivity index (χ2n) is 5.01. The zero-order chi connectivity index (χ0) is 13.1. The van der Waals surface area contributed by atoms with Gasteiger partial charge in [-0.05, 0) is 38.5 Å². The monoisotopic (exact) mass is 254 g/mol. The van der Waals surface area contributed by atoms with Gasteiger partial charge in [0.05, 0.1) is 6.04 Å². The van der Waals surface area contributed by atoms with Gasteiger partial charge in [-0.15, -0.1) is 0 Å². The molecule has 4 heteroatoms. The molecule has 3 nitrogen and oxygen atoms in total. The Morgan fingerprint density at radius 1 is 1.41 bits per heavy atom. The van der Waals surface area contributed by atoms with Crippen LogP contribution in [0.5, 0.6) is 0 Å². The molecule has 0 unspecified atom stereocenters. The van der Waals surface area contributed by atoms with Crippen LogP contribution in [0, 0.1) is 0 Å². The Morgan fingerprint density at radius 2 is 1.94 bits per heavy atom. The summed E-state index contributed by atoms with van der Waals surface area (Å²) in [5.74, 6) is -0.0417. The predicted molar refractivity (Wildman–Crippen MR) is 70.9 cm³/mol. The lowest BCUT2D eigenvalue weighted by molar-refractivity contribution is -0.122. The second-order valence-corrected chi connectivity index (χ2v) is 5.44. The molecular formula is C13H19ClN2O. The van der Waals surface area contributed by atoms with E-state index in [9.17, 15) is 4.79 Å². The van der Waals surface area contributed by atoms with E-state index in [1.807, 2.05) is 45.0 Å². The molecule has 1 amide bonds. The summed E-state index contributed by atoms with van der Waals surface area (Å²) in [6.45, 7) is 5.60. The van der Waals surface area contributed by atoms with E-state index < -0.39 is 5.54 Å². The largest absolute Gasteiger partial charge is 0.350 e. The average molecular weight is 255 g/mol. The molecule has 0 saturated carbocycles. The summed E-state index contributed by atoms with van der Waals surface area (Å²) in [5.41, 5.74) is 6.34. The van der Waals surface area contributed by atoms with Gasteiger partial charge in [-0.25, -0.2) is 0 Å². The third-order valence-corrected chi connectivity index (χ3v) is 2.62. The van der Waals surface area contributed by atoms with Crippen LogP contribution in [-0.2, 0) is 4.79 Å². The molecule has 0 aliphatic carbocycles. The van der Waals surface area contributed by atoms with Crippen LogP contribution < -0.4 is 11.1 Å². The highest BCUT2D eigenvalue weighted by atomic mass is 35.5. The fraction of sp³-hybridized carbons (Fsp3) is 0.462. The van der Waals surface area contributed by atoms with Gasteiger partial charge < -0.3 is 11.1 Å². The van der Waals surface area contributed by atoms with Crippen molar-refractivity contribution in [3.8, 4) is 0 Å².